The second-order valence-corrected chi connectivity index (χ2v) is 3.65. The fourth-order valence-corrected chi connectivity index (χ4v) is 1.75. The molecule has 16 heavy (non-hydrogen) atoms. The first-order chi connectivity index (χ1) is 7.72. The predicted molar refractivity (Wildman–Crippen MR) is 62.0 cm³/mol. The first kappa shape index (κ1) is 10.6. The lowest BCUT2D eigenvalue weighted by atomic mass is 9.97. The molecule has 0 unspecified atom stereocenters. The van der Waals surface area contributed by atoms with Crippen LogP contribution in [0.2, 0.25) is 0 Å². The van der Waals surface area contributed by atoms with Crippen LogP contribution in [0, 0.1) is 12.7 Å². The van der Waals surface area contributed by atoms with E-state index in [0.717, 1.165) is 23.0 Å². The van der Waals surface area contributed by atoms with Gasteiger partial charge in [-0.05, 0) is 35.7 Å². The molecule has 0 heterocycles. The summed E-state index contributed by atoms with van der Waals surface area (Å²) in [6.45, 7) is 1.87. The van der Waals surface area contributed by atoms with E-state index in [1.54, 1.807) is 18.2 Å². The molecule has 0 bridgehead atoms. The summed E-state index contributed by atoms with van der Waals surface area (Å²) < 4.78 is 13.1. The maximum Gasteiger partial charge on any atom is 0.150 e. The normalized spacial score (nSPS) is 10.1. The van der Waals surface area contributed by atoms with Crippen LogP contribution in [-0.4, -0.2) is 6.29 Å². The van der Waals surface area contributed by atoms with Crippen molar-refractivity contribution in [2.24, 2.45) is 0 Å². The van der Waals surface area contributed by atoms with Gasteiger partial charge in [0.15, 0.2) is 0 Å². The van der Waals surface area contributed by atoms with Crippen molar-refractivity contribution in [1.29, 1.82) is 0 Å². The summed E-state index contributed by atoms with van der Waals surface area (Å²) in [5.41, 5.74) is 3.20. The Balaban J connectivity index is 2.60. The summed E-state index contributed by atoms with van der Waals surface area (Å²) in [6, 6.07) is 11.8. The number of halogens is 1. The largest absolute Gasteiger partial charge is 0.298 e. The zero-order chi connectivity index (χ0) is 11.5. The van der Waals surface area contributed by atoms with E-state index in [9.17, 15) is 9.18 Å². The molecule has 0 aromatic heterocycles. The maximum atomic E-state index is 13.1. The van der Waals surface area contributed by atoms with Crippen molar-refractivity contribution in [2.75, 3.05) is 0 Å². The van der Waals surface area contributed by atoms with Crippen LogP contribution < -0.4 is 0 Å². The van der Waals surface area contributed by atoms with Crippen LogP contribution in [0.4, 0.5) is 4.39 Å². The van der Waals surface area contributed by atoms with Crippen LogP contribution in [0.25, 0.3) is 11.1 Å². The molecule has 0 saturated carbocycles. The Labute approximate surface area is 93.5 Å². The Hall–Kier alpha value is -1.96. The van der Waals surface area contributed by atoms with Crippen molar-refractivity contribution in [2.45, 2.75) is 6.92 Å². The zero-order valence-electron chi connectivity index (χ0n) is 8.91. The summed E-state index contributed by atoms with van der Waals surface area (Å²) >= 11 is 0. The van der Waals surface area contributed by atoms with E-state index in [2.05, 4.69) is 0 Å². The van der Waals surface area contributed by atoms with Crippen molar-refractivity contribution in [1.82, 2.24) is 0 Å². The van der Waals surface area contributed by atoms with Crippen LogP contribution in [-0.2, 0) is 0 Å². The third-order valence-electron chi connectivity index (χ3n) is 2.64. The Bertz CT molecular complexity index is 532. The highest BCUT2D eigenvalue weighted by Gasteiger charge is 2.05. The Kier molecular flexibility index (Phi) is 2.82. The summed E-state index contributed by atoms with van der Waals surface area (Å²) in [5.74, 6) is -0.270. The van der Waals surface area contributed by atoms with Crippen LogP contribution in [0.3, 0.4) is 0 Å². The van der Waals surface area contributed by atoms with Crippen molar-refractivity contribution in [3.8, 4) is 11.1 Å². The lowest BCUT2D eigenvalue weighted by Gasteiger charge is -2.07. The minimum atomic E-state index is -0.270. The van der Waals surface area contributed by atoms with Crippen LogP contribution in [0.5, 0.6) is 0 Å². The molecule has 0 atom stereocenters. The maximum absolute atomic E-state index is 13.1. The molecule has 2 heteroatoms. The van der Waals surface area contributed by atoms with E-state index in [4.69, 9.17) is 0 Å². The van der Waals surface area contributed by atoms with Crippen molar-refractivity contribution in [3.05, 3.63) is 59.4 Å². The van der Waals surface area contributed by atoms with E-state index >= 15 is 0 Å². The molecule has 2 aromatic carbocycles. The van der Waals surface area contributed by atoms with Crippen LogP contribution in [0.1, 0.15) is 15.9 Å². The minimum Gasteiger partial charge on any atom is -0.298 e. The van der Waals surface area contributed by atoms with E-state index in [1.165, 1.54) is 12.1 Å². The molecule has 0 N–H and O–H groups in total. The molecule has 0 spiro atoms. The van der Waals surface area contributed by atoms with Gasteiger partial charge >= 0.3 is 0 Å². The smallest absolute Gasteiger partial charge is 0.150 e. The first-order valence-corrected chi connectivity index (χ1v) is 5.03. The Morgan fingerprint density at radius 1 is 1.12 bits per heavy atom. The molecule has 0 aliphatic heterocycles. The SMILES string of the molecule is Cc1c(C=O)cccc1-c1cccc(F)c1. The minimum absolute atomic E-state index is 0.270. The molecule has 2 aromatic rings. The molecule has 2 rings (SSSR count). The molecule has 0 aliphatic carbocycles. The van der Waals surface area contributed by atoms with E-state index in [0.29, 0.717) is 5.56 Å². The number of carbonyl (C=O) groups is 1. The van der Waals surface area contributed by atoms with Gasteiger partial charge in [-0.2, -0.15) is 0 Å². The topological polar surface area (TPSA) is 17.1 Å². The molecule has 1 nitrogen and oxygen atoms in total. The van der Waals surface area contributed by atoms with Gasteiger partial charge in [0.05, 0.1) is 0 Å². The third kappa shape index (κ3) is 1.87. The number of aldehydes is 1. The van der Waals surface area contributed by atoms with Crippen molar-refractivity contribution < 1.29 is 9.18 Å². The predicted octanol–water partition coefficient (Wildman–Crippen LogP) is 3.61. The van der Waals surface area contributed by atoms with Gasteiger partial charge in [-0.3, -0.25) is 4.79 Å². The lowest BCUT2D eigenvalue weighted by Crippen LogP contribution is -1.90. The van der Waals surface area contributed by atoms with Gasteiger partial charge in [0.25, 0.3) is 0 Å². The van der Waals surface area contributed by atoms with E-state index < -0.39 is 0 Å². The highest BCUT2D eigenvalue weighted by molar-refractivity contribution is 5.82. The zero-order valence-corrected chi connectivity index (χ0v) is 8.91. The van der Waals surface area contributed by atoms with Crippen LogP contribution in [0.15, 0.2) is 42.5 Å². The van der Waals surface area contributed by atoms with E-state index in [1.807, 2.05) is 19.1 Å². The Morgan fingerprint density at radius 3 is 2.56 bits per heavy atom. The molecule has 0 amide bonds. The third-order valence-corrected chi connectivity index (χ3v) is 2.64. The molecular weight excluding hydrogens is 203 g/mol. The monoisotopic (exact) mass is 214 g/mol. The van der Waals surface area contributed by atoms with Gasteiger partial charge in [-0.15, -0.1) is 0 Å². The average molecular weight is 214 g/mol. The molecule has 80 valence electrons. The van der Waals surface area contributed by atoms with Gasteiger partial charge in [0.2, 0.25) is 0 Å². The quantitative estimate of drug-likeness (QED) is 0.698. The van der Waals surface area contributed by atoms with E-state index in [-0.39, 0.29) is 5.82 Å². The van der Waals surface area contributed by atoms with Gasteiger partial charge < -0.3 is 0 Å². The fourth-order valence-electron chi connectivity index (χ4n) is 1.75. The van der Waals surface area contributed by atoms with Gasteiger partial charge in [0.1, 0.15) is 12.1 Å². The number of rotatable bonds is 2. The number of hydrogen-bond acceptors (Lipinski definition) is 1. The summed E-state index contributed by atoms with van der Waals surface area (Å²) in [6.07, 6.45) is 0.818. The Morgan fingerprint density at radius 2 is 1.88 bits per heavy atom. The van der Waals surface area contributed by atoms with Crippen molar-refractivity contribution >= 4 is 6.29 Å². The summed E-state index contributed by atoms with van der Waals surface area (Å²) in [5, 5.41) is 0. The molecular formula is C14H11FO. The second-order valence-electron chi connectivity index (χ2n) is 3.65. The average Bonchev–Trinajstić information content (AvgIpc) is 2.29. The summed E-state index contributed by atoms with van der Waals surface area (Å²) in [4.78, 5) is 10.8. The standard InChI is InChI=1S/C14H11FO/c1-10-12(9-16)5-3-7-14(10)11-4-2-6-13(15)8-11/h2-9H,1H3. The molecule has 0 radical (unpaired) electrons. The van der Waals surface area contributed by atoms with Crippen LogP contribution >= 0.6 is 0 Å². The highest BCUT2D eigenvalue weighted by Crippen LogP contribution is 2.25. The van der Waals surface area contributed by atoms with Crippen molar-refractivity contribution in [3.63, 3.8) is 0 Å². The second kappa shape index (κ2) is 4.27. The van der Waals surface area contributed by atoms with Gasteiger partial charge in [0, 0.05) is 5.56 Å². The fraction of sp³-hybridized carbons (Fsp3) is 0.0714. The highest BCUT2D eigenvalue weighted by atomic mass is 19.1. The molecule has 0 aliphatic rings. The molecule has 0 fully saturated rings. The van der Waals surface area contributed by atoms with Gasteiger partial charge in [-0.25, -0.2) is 4.39 Å². The first-order valence-electron chi connectivity index (χ1n) is 5.03. The number of hydrogen-bond donors (Lipinski definition) is 0. The number of carbonyl (C=O) groups excluding carboxylic acids is 1. The molecule has 0 saturated heterocycles. The van der Waals surface area contributed by atoms with Gasteiger partial charge in [-0.1, -0.05) is 30.3 Å². The summed E-state index contributed by atoms with van der Waals surface area (Å²) in [7, 11) is 0. The lowest BCUT2D eigenvalue weighted by molar-refractivity contribution is 0.112. The number of benzene rings is 2.